The molecular formula is C20H14F2N4OS. The third-order valence-electron chi connectivity index (χ3n) is 4.40. The van der Waals surface area contributed by atoms with Crippen LogP contribution in [0.1, 0.15) is 15.9 Å². The maximum Gasteiger partial charge on any atom is 0.201 e. The molecule has 1 aromatic carbocycles. The number of nitrogens with two attached hydrogens (primary N) is 1. The van der Waals surface area contributed by atoms with E-state index in [1.165, 1.54) is 18.0 Å². The molecule has 3 heterocycles. The van der Waals surface area contributed by atoms with Crippen LogP contribution in [0.15, 0.2) is 53.9 Å². The Morgan fingerprint density at radius 3 is 2.61 bits per heavy atom. The van der Waals surface area contributed by atoms with Crippen molar-refractivity contribution in [1.29, 1.82) is 0 Å². The van der Waals surface area contributed by atoms with Crippen LogP contribution in [-0.2, 0) is 0 Å². The zero-order valence-electron chi connectivity index (χ0n) is 14.7. The second-order valence-corrected chi connectivity index (χ2v) is 6.89. The Kier molecular flexibility index (Phi) is 4.56. The molecular weight excluding hydrogens is 382 g/mol. The summed E-state index contributed by atoms with van der Waals surface area (Å²) in [6.07, 6.45) is 6.67. The van der Waals surface area contributed by atoms with Crippen molar-refractivity contribution < 1.29 is 13.6 Å². The topological polar surface area (TPSA) is 84.7 Å². The number of nitrogens with zero attached hydrogens (tertiary/aromatic N) is 2. The number of anilines is 1. The largest absolute Gasteiger partial charge is 0.396 e. The molecule has 0 atom stereocenters. The number of fused-ring (bicyclic) bond motifs is 1. The summed E-state index contributed by atoms with van der Waals surface area (Å²) in [6, 6.07) is 7.58. The number of hydrogen-bond acceptors (Lipinski definition) is 5. The summed E-state index contributed by atoms with van der Waals surface area (Å²) in [5.41, 5.74) is 6.62. The predicted molar refractivity (Wildman–Crippen MR) is 105 cm³/mol. The molecule has 8 heteroatoms. The predicted octanol–water partition coefficient (Wildman–Crippen LogP) is 4.44. The number of thioether (sulfide) groups is 1. The van der Waals surface area contributed by atoms with E-state index in [2.05, 4.69) is 15.0 Å². The van der Waals surface area contributed by atoms with Crippen LogP contribution in [0, 0.1) is 11.6 Å². The van der Waals surface area contributed by atoms with E-state index in [1.807, 2.05) is 18.4 Å². The summed E-state index contributed by atoms with van der Waals surface area (Å²) in [6.45, 7) is 0. The fourth-order valence-electron chi connectivity index (χ4n) is 2.93. The summed E-state index contributed by atoms with van der Waals surface area (Å²) >= 11 is 1.53. The van der Waals surface area contributed by atoms with Gasteiger partial charge in [-0.05, 0) is 30.5 Å². The van der Waals surface area contributed by atoms with Gasteiger partial charge < -0.3 is 10.7 Å². The lowest BCUT2D eigenvalue weighted by Gasteiger charge is -2.06. The maximum atomic E-state index is 14.3. The van der Waals surface area contributed by atoms with E-state index in [-0.39, 0.29) is 11.3 Å². The number of hydrogen-bond donors (Lipinski definition) is 2. The zero-order valence-corrected chi connectivity index (χ0v) is 15.5. The number of aromatic nitrogens is 3. The third kappa shape index (κ3) is 3.01. The number of nitrogens with one attached hydrogen (secondary N) is 1. The third-order valence-corrected chi connectivity index (χ3v) is 5.06. The monoisotopic (exact) mass is 396 g/mol. The normalized spacial score (nSPS) is 11.1. The number of aromatic amines is 1. The Morgan fingerprint density at radius 2 is 1.89 bits per heavy atom. The lowest BCUT2D eigenvalue weighted by Crippen LogP contribution is -2.09. The van der Waals surface area contributed by atoms with Crippen molar-refractivity contribution in [3.05, 3.63) is 71.7 Å². The first kappa shape index (κ1) is 18.1. The standard InChI is InChI=1S/C20H14F2N4OS/c1-28-16-5-2-10(7-24-16)11-6-12-13(9-26-20(12)25-8-11)19(27)17-14(21)3-4-15(23)18(17)22/h2-9H,23H2,1H3,(H,25,26). The molecule has 0 aliphatic carbocycles. The highest BCUT2D eigenvalue weighted by molar-refractivity contribution is 7.98. The molecule has 0 radical (unpaired) electrons. The van der Waals surface area contributed by atoms with Crippen LogP contribution in [-0.4, -0.2) is 27.0 Å². The van der Waals surface area contributed by atoms with Crippen LogP contribution in [0.4, 0.5) is 14.5 Å². The average molecular weight is 396 g/mol. The minimum atomic E-state index is -1.07. The molecule has 0 saturated carbocycles. The van der Waals surface area contributed by atoms with Gasteiger partial charge in [0.15, 0.2) is 5.82 Å². The van der Waals surface area contributed by atoms with E-state index in [0.29, 0.717) is 11.0 Å². The van der Waals surface area contributed by atoms with Crippen LogP contribution < -0.4 is 5.73 Å². The van der Waals surface area contributed by atoms with Crippen molar-refractivity contribution in [1.82, 2.24) is 15.0 Å². The summed E-state index contributed by atoms with van der Waals surface area (Å²) in [7, 11) is 0. The Labute approximate surface area is 163 Å². The minimum Gasteiger partial charge on any atom is -0.396 e. The molecule has 140 valence electrons. The second kappa shape index (κ2) is 7.05. The van der Waals surface area contributed by atoms with Gasteiger partial charge >= 0.3 is 0 Å². The minimum absolute atomic E-state index is 0.112. The van der Waals surface area contributed by atoms with Gasteiger partial charge in [0.1, 0.15) is 11.5 Å². The van der Waals surface area contributed by atoms with Gasteiger partial charge in [-0.25, -0.2) is 18.7 Å². The Morgan fingerprint density at radius 1 is 1.11 bits per heavy atom. The molecule has 3 N–H and O–H groups in total. The average Bonchev–Trinajstić information content (AvgIpc) is 3.14. The molecule has 0 aliphatic heterocycles. The number of rotatable bonds is 4. The van der Waals surface area contributed by atoms with Crippen LogP contribution in [0.5, 0.6) is 0 Å². The number of benzene rings is 1. The quantitative estimate of drug-likeness (QED) is 0.303. The van der Waals surface area contributed by atoms with E-state index >= 15 is 0 Å². The van der Waals surface area contributed by atoms with Gasteiger partial charge in [0, 0.05) is 40.7 Å². The smallest absolute Gasteiger partial charge is 0.201 e. The van der Waals surface area contributed by atoms with Gasteiger partial charge in [-0.1, -0.05) is 6.07 Å². The molecule has 28 heavy (non-hydrogen) atoms. The molecule has 0 aliphatic rings. The van der Waals surface area contributed by atoms with Crippen molar-refractivity contribution in [3.8, 4) is 11.1 Å². The number of carbonyl (C=O) groups excluding carboxylic acids is 1. The first-order chi connectivity index (χ1) is 13.5. The van der Waals surface area contributed by atoms with E-state index in [1.54, 1.807) is 18.5 Å². The van der Waals surface area contributed by atoms with Gasteiger partial charge in [-0.3, -0.25) is 4.79 Å². The number of halogens is 2. The van der Waals surface area contributed by atoms with Gasteiger partial charge in [0.05, 0.1) is 16.3 Å². The first-order valence-electron chi connectivity index (χ1n) is 8.25. The molecule has 0 fully saturated rings. The molecule has 0 saturated heterocycles. The molecule has 0 amide bonds. The van der Waals surface area contributed by atoms with Crippen LogP contribution in [0.2, 0.25) is 0 Å². The van der Waals surface area contributed by atoms with Crippen molar-refractivity contribution in [2.45, 2.75) is 5.03 Å². The van der Waals surface area contributed by atoms with Gasteiger partial charge in [-0.15, -0.1) is 11.8 Å². The van der Waals surface area contributed by atoms with Gasteiger partial charge in [0.25, 0.3) is 0 Å². The number of pyridine rings is 2. The Bertz CT molecular complexity index is 1210. The molecule has 5 nitrogen and oxygen atoms in total. The van der Waals surface area contributed by atoms with E-state index < -0.39 is 23.0 Å². The first-order valence-corrected chi connectivity index (χ1v) is 9.47. The van der Waals surface area contributed by atoms with Gasteiger partial charge in [-0.2, -0.15) is 0 Å². The van der Waals surface area contributed by atoms with Crippen LogP contribution in [0.3, 0.4) is 0 Å². The van der Waals surface area contributed by atoms with Crippen molar-refractivity contribution >= 4 is 34.3 Å². The van der Waals surface area contributed by atoms with Crippen molar-refractivity contribution in [3.63, 3.8) is 0 Å². The number of ketones is 1. The lowest BCUT2D eigenvalue weighted by molar-refractivity contribution is 0.103. The van der Waals surface area contributed by atoms with Crippen LogP contribution >= 0.6 is 11.8 Å². The van der Waals surface area contributed by atoms with Crippen molar-refractivity contribution in [2.24, 2.45) is 0 Å². The van der Waals surface area contributed by atoms with Crippen LogP contribution in [0.25, 0.3) is 22.2 Å². The molecule has 3 aromatic heterocycles. The summed E-state index contributed by atoms with van der Waals surface area (Å²) in [5.74, 6) is -2.84. The zero-order chi connectivity index (χ0) is 19.8. The summed E-state index contributed by atoms with van der Waals surface area (Å²) in [4.78, 5) is 24.3. The fourth-order valence-corrected chi connectivity index (χ4v) is 3.29. The summed E-state index contributed by atoms with van der Waals surface area (Å²) in [5, 5.41) is 1.33. The Balaban J connectivity index is 1.82. The number of carbonyl (C=O) groups is 1. The highest BCUT2D eigenvalue weighted by atomic mass is 32.2. The second-order valence-electron chi connectivity index (χ2n) is 6.07. The van der Waals surface area contributed by atoms with Gasteiger partial charge in [0.2, 0.25) is 5.78 Å². The Hall–Kier alpha value is -3.26. The van der Waals surface area contributed by atoms with Crippen molar-refractivity contribution in [2.75, 3.05) is 12.0 Å². The van der Waals surface area contributed by atoms with E-state index in [4.69, 9.17) is 5.73 Å². The number of H-pyrrole nitrogens is 1. The molecule has 0 spiro atoms. The summed E-state index contributed by atoms with van der Waals surface area (Å²) < 4.78 is 28.4. The lowest BCUT2D eigenvalue weighted by atomic mass is 10.00. The molecule has 4 aromatic rings. The fraction of sp³-hybridized carbons (Fsp3) is 0.0500. The molecule has 4 rings (SSSR count). The number of nitrogen functional groups attached to an aromatic ring is 1. The van der Waals surface area contributed by atoms with E-state index in [0.717, 1.165) is 28.3 Å². The highest BCUT2D eigenvalue weighted by Gasteiger charge is 2.23. The highest BCUT2D eigenvalue weighted by Crippen LogP contribution is 2.28. The maximum absolute atomic E-state index is 14.3. The SMILES string of the molecule is CSc1ccc(-c2cnc3[nH]cc(C(=O)c4c(F)ccc(N)c4F)c3c2)cn1. The molecule has 0 bridgehead atoms. The molecule has 0 unspecified atom stereocenters. The van der Waals surface area contributed by atoms with E-state index in [9.17, 15) is 13.6 Å².